The third kappa shape index (κ3) is 2.03. The second-order valence-corrected chi connectivity index (χ2v) is 5.97. The molecule has 3 aromatic rings. The molecule has 3 aromatic carbocycles. The second kappa shape index (κ2) is 5.36. The van der Waals surface area contributed by atoms with E-state index in [1.165, 1.54) is 24.3 Å². The predicted octanol–water partition coefficient (Wildman–Crippen LogP) is 3.23. The minimum absolute atomic E-state index is 0.0895. The van der Waals surface area contributed by atoms with Crippen molar-refractivity contribution in [3.8, 4) is 11.5 Å². The molecule has 0 spiro atoms. The van der Waals surface area contributed by atoms with E-state index in [4.69, 9.17) is 0 Å². The summed E-state index contributed by atoms with van der Waals surface area (Å²) in [5.74, 6) is -0.324. The lowest BCUT2D eigenvalue weighted by Gasteiger charge is -2.36. The molecule has 1 amide bonds. The smallest absolute Gasteiger partial charge is 0.279 e. The van der Waals surface area contributed by atoms with Crippen LogP contribution in [0, 0.1) is 0 Å². The maximum Gasteiger partial charge on any atom is 0.279 e. The Hall–Kier alpha value is -3.31. The molecule has 0 radical (unpaired) electrons. The zero-order chi connectivity index (χ0) is 17.6. The first-order valence-electron chi connectivity index (χ1n) is 7.77. The van der Waals surface area contributed by atoms with E-state index in [1.54, 1.807) is 48.5 Å². The fourth-order valence-corrected chi connectivity index (χ4v) is 3.49. The molecule has 124 valence electrons. The van der Waals surface area contributed by atoms with Gasteiger partial charge in [-0.25, -0.2) is 5.06 Å². The highest BCUT2D eigenvalue weighted by molar-refractivity contribution is 6.00. The first-order chi connectivity index (χ1) is 12.0. The summed E-state index contributed by atoms with van der Waals surface area (Å²) in [6.45, 7) is 0. The van der Waals surface area contributed by atoms with E-state index in [0.717, 1.165) is 5.06 Å². The van der Waals surface area contributed by atoms with Crippen molar-refractivity contribution in [3.63, 3.8) is 0 Å². The molecule has 1 heterocycles. The topological polar surface area (TPSA) is 81.0 Å². The Morgan fingerprint density at radius 2 is 1.20 bits per heavy atom. The van der Waals surface area contributed by atoms with Crippen molar-refractivity contribution in [2.24, 2.45) is 0 Å². The number of hydrogen-bond donors (Lipinski definition) is 3. The van der Waals surface area contributed by atoms with Gasteiger partial charge in [-0.2, -0.15) is 0 Å². The van der Waals surface area contributed by atoms with Gasteiger partial charge in [-0.1, -0.05) is 42.5 Å². The predicted molar refractivity (Wildman–Crippen MR) is 90.5 cm³/mol. The van der Waals surface area contributed by atoms with Crippen LogP contribution >= 0.6 is 0 Å². The zero-order valence-electron chi connectivity index (χ0n) is 13.1. The SMILES string of the molecule is O=C1c2ccccc2C(c2ccc(O)cc2)(c2ccc(O)cc2)N1O. The molecule has 0 saturated carbocycles. The van der Waals surface area contributed by atoms with Crippen molar-refractivity contribution < 1.29 is 20.2 Å². The highest BCUT2D eigenvalue weighted by atomic mass is 16.5. The molecular weight excluding hydrogens is 318 g/mol. The molecule has 5 nitrogen and oxygen atoms in total. The molecule has 0 atom stereocenters. The molecule has 0 bridgehead atoms. The number of carbonyl (C=O) groups is 1. The fraction of sp³-hybridized carbons (Fsp3) is 0.0500. The Morgan fingerprint density at radius 3 is 1.72 bits per heavy atom. The molecule has 1 aliphatic rings. The number of phenols is 2. The molecule has 0 aromatic heterocycles. The van der Waals surface area contributed by atoms with Crippen LogP contribution in [0.15, 0.2) is 72.8 Å². The van der Waals surface area contributed by atoms with Crippen molar-refractivity contribution in [1.82, 2.24) is 5.06 Å². The largest absolute Gasteiger partial charge is 0.508 e. The highest BCUT2D eigenvalue weighted by Crippen LogP contribution is 2.48. The lowest BCUT2D eigenvalue weighted by Crippen LogP contribution is -2.43. The van der Waals surface area contributed by atoms with Gasteiger partial charge in [0.1, 0.15) is 17.0 Å². The maximum absolute atomic E-state index is 12.7. The average molecular weight is 333 g/mol. The number of aromatic hydroxyl groups is 2. The third-order valence-electron chi connectivity index (χ3n) is 4.63. The Morgan fingerprint density at radius 1 is 0.720 bits per heavy atom. The summed E-state index contributed by atoms with van der Waals surface area (Å²) in [5.41, 5.74) is 1.04. The van der Waals surface area contributed by atoms with Crippen molar-refractivity contribution in [2.45, 2.75) is 5.54 Å². The van der Waals surface area contributed by atoms with Crippen LogP contribution < -0.4 is 0 Å². The quantitative estimate of drug-likeness (QED) is 0.629. The second-order valence-electron chi connectivity index (χ2n) is 5.97. The van der Waals surface area contributed by atoms with Gasteiger partial charge in [-0.3, -0.25) is 10.0 Å². The van der Waals surface area contributed by atoms with Gasteiger partial charge in [0.25, 0.3) is 5.91 Å². The van der Waals surface area contributed by atoms with Crippen LogP contribution in [0.4, 0.5) is 0 Å². The molecular formula is C20H15NO4. The van der Waals surface area contributed by atoms with Crippen molar-refractivity contribution in [2.75, 3.05) is 0 Å². The molecule has 25 heavy (non-hydrogen) atoms. The first-order valence-corrected chi connectivity index (χ1v) is 7.77. The number of hydrogen-bond acceptors (Lipinski definition) is 4. The van der Waals surface area contributed by atoms with E-state index >= 15 is 0 Å². The fourth-order valence-electron chi connectivity index (χ4n) is 3.49. The summed E-state index contributed by atoms with van der Waals surface area (Å²) in [4.78, 5) is 12.7. The van der Waals surface area contributed by atoms with Crippen molar-refractivity contribution in [1.29, 1.82) is 0 Å². The number of fused-ring (bicyclic) bond motifs is 1. The first kappa shape index (κ1) is 15.2. The van der Waals surface area contributed by atoms with E-state index in [9.17, 15) is 20.2 Å². The van der Waals surface area contributed by atoms with E-state index in [0.29, 0.717) is 22.3 Å². The van der Waals surface area contributed by atoms with Gasteiger partial charge in [0, 0.05) is 11.1 Å². The lowest BCUT2D eigenvalue weighted by atomic mass is 9.77. The molecule has 3 N–H and O–H groups in total. The minimum Gasteiger partial charge on any atom is -0.508 e. The van der Waals surface area contributed by atoms with Crippen LogP contribution in [-0.2, 0) is 5.54 Å². The van der Waals surface area contributed by atoms with Crippen LogP contribution in [0.5, 0.6) is 11.5 Å². The summed E-state index contributed by atoms with van der Waals surface area (Å²) < 4.78 is 0. The van der Waals surface area contributed by atoms with Gasteiger partial charge >= 0.3 is 0 Å². The summed E-state index contributed by atoms with van der Waals surface area (Å²) in [7, 11) is 0. The molecule has 1 aliphatic heterocycles. The number of phenolic OH excluding ortho intramolecular Hbond substituents is 2. The zero-order valence-corrected chi connectivity index (χ0v) is 13.1. The Labute approximate surface area is 144 Å². The average Bonchev–Trinajstić information content (AvgIpc) is 2.86. The summed E-state index contributed by atoms with van der Waals surface area (Å²) in [5, 5.41) is 30.8. The van der Waals surface area contributed by atoms with Gasteiger partial charge in [0.2, 0.25) is 0 Å². The van der Waals surface area contributed by atoms with E-state index in [-0.39, 0.29) is 11.5 Å². The third-order valence-corrected chi connectivity index (χ3v) is 4.63. The minimum atomic E-state index is -1.25. The monoisotopic (exact) mass is 333 g/mol. The molecule has 0 aliphatic carbocycles. The van der Waals surface area contributed by atoms with E-state index < -0.39 is 11.4 Å². The number of amides is 1. The summed E-state index contributed by atoms with van der Waals surface area (Å²) in [6.07, 6.45) is 0. The van der Waals surface area contributed by atoms with Gasteiger partial charge in [-0.15, -0.1) is 0 Å². The molecule has 0 unspecified atom stereocenters. The number of hydroxylamine groups is 2. The molecule has 0 saturated heterocycles. The standard InChI is InChI=1S/C20H15NO4/c22-15-9-5-13(6-10-15)20(14-7-11-16(23)12-8-14)18-4-2-1-3-17(18)19(24)21(20)25/h1-12,22-23,25H. The number of rotatable bonds is 2. The van der Waals surface area contributed by atoms with E-state index in [1.807, 2.05) is 0 Å². The summed E-state index contributed by atoms with van der Waals surface area (Å²) >= 11 is 0. The highest BCUT2D eigenvalue weighted by Gasteiger charge is 2.52. The van der Waals surface area contributed by atoms with Gasteiger partial charge in [0.15, 0.2) is 0 Å². The Kier molecular flexibility index (Phi) is 3.26. The summed E-state index contributed by atoms with van der Waals surface area (Å²) in [6, 6.07) is 19.7. The lowest BCUT2D eigenvalue weighted by molar-refractivity contribution is -0.0999. The maximum atomic E-state index is 12.7. The normalized spacial score (nSPS) is 15.2. The van der Waals surface area contributed by atoms with E-state index in [2.05, 4.69) is 0 Å². The van der Waals surface area contributed by atoms with Crippen LogP contribution in [0.2, 0.25) is 0 Å². The van der Waals surface area contributed by atoms with Crippen molar-refractivity contribution >= 4 is 5.91 Å². The van der Waals surface area contributed by atoms with Crippen LogP contribution in [-0.4, -0.2) is 26.4 Å². The number of nitrogens with zero attached hydrogens (tertiary/aromatic N) is 1. The molecule has 5 heteroatoms. The van der Waals surface area contributed by atoms with Gasteiger partial charge in [-0.05, 0) is 41.5 Å². The Balaban J connectivity index is 2.08. The number of benzene rings is 3. The van der Waals surface area contributed by atoms with Gasteiger partial charge < -0.3 is 10.2 Å². The van der Waals surface area contributed by atoms with Crippen LogP contribution in [0.25, 0.3) is 0 Å². The number of carbonyl (C=O) groups excluding carboxylic acids is 1. The van der Waals surface area contributed by atoms with Gasteiger partial charge in [0.05, 0.1) is 0 Å². The van der Waals surface area contributed by atoms with Crippen LogP contribution in [0.1, 0.15) is 27.0 Å². The van der Waals surface area contributed by atoms with Crippen LogP contribution in [0.3, 0.4) is 0 Å². The molecule has 0 fully saturated rings. The van der Waals surface area contributed by atoms with Crippen molar-refractivity contribution in [3.05, 3.63) is 95.1 Å². The molecule has 4 rings (SSSR count). The Bertz CT molecular complexity index is 903.